The Morgan fingerprint density at radius 1 is 1.36 bits per heavy atom. The fourth-order valence-electron chi connectivity index (χ4n) is 0.918. The van der Waals surface area contributed by atoms with Gasteiger partial charge < -0.3 is 3.07 Å². The Kier molecular flexibility index (Phi) is 1.95. The van der Waals surface area contributed by atoms with E-state index in [0.717, 1.165) is 5.39 Å². The summed E-state index contributed by atoms with van der Waals surface area (Å²) in [6.07, 6.45) is 0. The zero-order chi connectivity index (χ0) is 7.68. The first kappa shape index (κ1) is 7.30. The summed E-state index contributed by atoms with van der Waals surface area (Å²) in [4.78, 5) is 0. The standard InChI is InChI=1S/C7H4INOS/c8-10-7-5-3-1-2-4-6(5)11-9-7/h1-4H. The van der Waals surface area contributed by atoms with Gasteiger partial charge in [0.1, 0.15) is 0 Å². The van der Waals surface area contributed by atoms with Crippen LogP contribution in [0.1, 0.15) is 0 Å². The number of hydrogen-bond donors (Lipinski definition) is 0. The van der Waals surface area contributed by atoms with Gasteiger partial charge in [0.25, 0.3) is 0 Å². The van der Waals surface area contributed by atoms with Crippen LogP contribution in [0, 0.1) is 0 Å². The van der Waals surface area contributed by atoms with Crippen molar-refractivity contribution in [1.29, 1.82) is 0 Å². The molecular weight excluding hydrogens is 273 g/mol. The number of nitrogens with zero attached hydrogens (tertiary/aromatic N) is 1. The van der Waals surface area contributed by atoms with E-state index in [4.69, 9.17) is 3.07 Å². The molecule has 0 amide bonds. The number of fused-ring (bicyclic) bond motifs is 1. The van der Waals surface area contributed by atoms with Gasteiger partial charge in [-0.15, -0.1) is 0 Å². The zero-order valence-corrected chi connectivity index (χ0v) is 8.43. The number of benzene rings is 1. The van der Waals surface area contributed by atoms with Crippen LogP contribution in [0.5, 0.6) is 5.88 Å². The first-order valence-corrected chi connectivity index (χ1v) is 4.70. The fraction of sp³-hybridized carbons (Fsp3) is 0. The van der Waals surface area contributed by atoms with Gasteiger partial charge in [0.05, 0.1) is 10.1 Å². The van der Waals surface area contributed by atoms with E-state index in [1.54, 1.807) is 0 Å². The van der Waals surface area contributed by atoms with E-state index >= 15 is 0 Å². The van der Waals surface area contributed by atoms with E-state index in [1.165, 1.54) is 16.2 Å². The molecule has 1 aromatic carbocycles. The average molecular weight is 277 g/mol. The van der Waals surface area contributed by atoms with Crippen molar-refractivity contribution in [3.8, 4) is 5.88 Å². The quantitative estimate of drug-likeness (QED) is 0.747. The highest BCUT2D eigenvalue weighted by Crippen LogP contribution is 2.28. The summed E-state index contributed by atoms with van der Waals surface area (Å²) in [6.45, 7) is 0. The van der Waals surface area contributed by atoms with Crippen molar-refractivity contribution in [1.82, 2.24) is 4.37 Å². The topological polar surface area (TPSA) is 22.1 Å². The largest absolute Gasteiger partial charge is 0.407 e. The minimum Gasteiger partial charge on any atom is -0.407 e. The van der Waals surface area contributed by atoms with E-state index < -0.39 is 0 Å². The monoisotopic (exact) mass is 277 g/mol. The van der Waals surface area contributed by atoms with Crippen molar-refractivity contribution in [2.24, 2.45) is 0 Å². The van der Waals surface area contributed by atoms with E-state index in [1.807, 2.05) is 47.3 Å². The van der Waals surface area contributed by atoms with Crippen LogP contribution in [-0.2, 0) is 0 Å². The third-order valence-electron chi connectivity index (χ3n) is 1.42. The first-order chi connectivity index (χ1) is 5.42. The molecule has 1 aromatic heterocycles. The molecule has 0 aliphatic rings. The van der Waals surface area contributed by atoms with Gasteiger partial charge in [-0.1, -0.05) is 12.1 Å². The van der Waals surface area contributed by atoms with Crippen molar-refractivity contribution < 1.29 is 3.07 Å². The summed E-state index contributed by atoms with van der Waals surface area (Å²) in [5, 5.41) is 1.09. The van der Waals surface area contributed by atoms with Gasteiger partial charge in [-0.3, -0.25) is 0 Å². The summed E-state index contributed by atoms with van der Waals surface area (Å²) >= 11 is 3.30. The molecule has 11 heavy (non-hydrogen) atoms. The van der Waals surface area contributed by atoms with Crippen LogP contribution in [0.3, 0.4) is 0 Å². The molecule has 0 fully saturated rings. The molecule has 2 aromatic rings. The SMILES string of the molecule is IOc1nsc2ccccc12. The molecule has 2 rings (SSSR count). The van der Waals surface area contributed by atoms with Gasteiger partial charge in [-0.2, -0.15) is 4.37 Å². The van der Waals surface area contributed by atoms with Crippen LogP contribution >= 0.6 is 34.5 Å². The lowest BCUT2D eigenvalue weighted by Crippen LogP contribution is -1.71. The van der Waals surface area contributed by atoms with Crippen molar-refractivity contribution in [2.45, 2.75) is 0 Å². The van der Waals surface area contributed by atoms with Crippen LogP contribution in [-0.4, -0.2) is 4.37 Å². The van der Waals surface area contributed by atoms with Crippen molar-refractivity contribution in [3.63, 3.8) is 0 Å². The Morgan fingerprint density at radius 3 is 3.00 bits per heavy atom. The predicted octanol–water partition coefficient (Wildman–Crippen LogP) is 3.03. The fourth-order valence-corrected chi connectivity index (χ4v) is 2.10. The van der Waals surface area contributed by atoms with Crippen molar-refractivity contribution in [3.05, 3.63) is 24.3 Å². The number of halogens is 1. The molecule has 0 spiro atoms. The molecule has 0 saturated carbocycles. The maximum absolute atomic E-state index is 5.04. The summed E-state index contributed by atoms with van der Waals surface area (Å²) in [7, 11) is 0. The first-order valence-electron chi connectivity index (χ1n) is 3.05. The van der Waals surface area contributed by atoms with Gasteiger partial charge in [-0.05, 0) is 23.7 Å². The highest BCUT2D eigenvalue weighted by atomic mass is 127. The lowest BCUT2D eigenvalue weighted by atomic mass is 10.3. The summed E-state index contributed by atoms with van der Waals surface area (Å²) in [5.74, 6) is 0.714. The second-order valence-corrected chi connectivity index (χ2v) is 3.31. The number of hydrogen-bond acceptors (Lipinski definition) is 3. The molecule has 0 bridgehead atoms. The Balaban J connectivity index is 2.76. The second kappa shape index (κ2) is 2.94. The molecule has 4 heteroatoms. The zero-order valence-electron chi connectivity index (χ0n) is 5.45. The molecule has 2 nitrogen and oxygen atoms in total. The minimum atomic E-state index is 0.714. The molecule has 0 radical (unpaired) electrons. The lowest BCUT2D eigenvalue weighted by molar-refractivity contribution is 0.702. The highest BCUT2D eigenvalue weighted by molar-refractivity contribution is 14.1. The van der Waals surface area contributed by atoms with Crippen molar-refractivity contribution in [2.75, 3.05) is 0 Å². The second-order valence-electron chi connectivity index (χ2n) is 2.06. The molecule has 56 valence electrons. The molecule has 0 saturated heterocycles. The Bertz CT molecular complexity index is 373. The van der Waals surface area contributed by atoms with Crippen molar-refractivity contribution >= 4 is 44.6 Å². The van der Waals surface area contributed by atoms with E-state index in [9.17, 15) is 0 Å². The summed E-state index contributed by atoms with van der Waals surface area (Å²) in [5.41, 5.74) is 0. The van der Waals surface area contributed by atoms with Crippen LogP contribution in [0.4, 0.5) is 0 Å². The molecular formula is C7H4INOS. The van der Waals surface area contributed by atoms with Gasteiger partial charge in [-0.25, -0.2) is 0 Å². The van der Waals surface area contributed by atoms with Gasteiger partial charge in [0.15, 0.2) is 23.0 Å². The third-order valence-corrected chi connectivity index (χ3v) is 2.64. The molecule has 0 atom stereocenters. The van der Waals surface area contributed by atoms with E-state index in [0.29, 0.717) is 5.88 Å². The number of rotatable bonds is 1. The van der Waals surface area contributed by atoms with Gasteiger partial charge in [0, 0.05) is 0 Å². The van der Waals surface area contributed by atoms with Crippen LogP contribution < -0.4 is 3.07 Å². The predicted molar refractivity (Wildman–Crippen MR) is 54.3 cm³/mol. The van der Waals surface area contributed by atoms with Crippen LogP contribution in [0.2, 0.25) is 0 Å². The highest BCUT2D eigenvalue weighted by Gasteiger charge is 2.03. The Hall–Kier alpha value is -0.360. The van der Waals surface area contributed by atoms with E-state index in [2.05, 4.69) is 4.37 Å². The third kappa shape index (κ3) is 1.20. The molecule has 0 aliphatic carbocycles. The average Bonchev–Trinajstić information content (AvgIpc) is 2.47. The maximum atomic E-state index is 5.04. The lowest BCUT2D eigenvalue weighted by Gasteiger charge is -1.88. The van der Waals surface area contributed by atoms with Gasteiger partial charge in [0.2, 0.25) is 5.88 Å². The smallest absolute Gasteiger partial charge is 0.243 e. The maximum Gasteiger partial charge on any atom is 0.243 e. The Labute approximate surface area is 82.0 Å². The number of aromatic nitrogens is 1. The summed E-state index contributed by atoms with van der Waals surface area (Å²) < 4.78 is 10.3. The van der Waals surface area contributed by atoms with Crippen LogP contribution in [0.25, 0.3) is 10.1 Å². The van der Waals surface area contributed by atoms with E-state index in [-0.39, 0.29) is 0 Å². The normalized spacial score (nSPS) is 10.3. The molecule has 0 N–H and O–H groups in total. The summed E-state index contributed by atoms with van der Waals surface area (Å²) in [6, 6.07) is 8.02. The molecule has 1 heterocycles. The minimum absolute atomic E-state index is 0.714. The van der Waals surface area contributed by atoms with Crippen LogP contribution in [0.15, 0.2) is 24.3 Å². The Morgan fingerprint density at radius 2 is 2.18 bits per heavy atom. The van der Waals surface area contributed by atoms with Gasteiger partial charge >= 0.3 is 0 Å². The molecule has 0 unspecified atom stereocenters. The molecule has 0 aliphatic heterocycles.